The van der Waals surface area contributed by atoms with E-state index in [4.69, 9.17) is 23.5 Å². The number of pyridine rings is 2. The summed E-state index contributed by atoms with van der Waals surface area (Å²) in [6.45, 7) is 32.7. The Bertz CT molecular complexity index is 1790. The Hall–Kier alpha value is -3.49. The van der Waals surface area contributed by atoms with E-state index in [2.05, 4.69) is 88.0 Å². The fourth-order valence-electron chi connectivity index (χ4n) is 8.60. The number of aromatic nitrogens is 2. The SMILES string of the molecule is C=CN=C(C=C)CN(Cc1ccccn1)Cc1ccc(C(=O)N[C@@H](CCC(CC(=O)OC(C)(C)C)O[Si](C)(C)C(C)(C)C)B2O[C@@H]3C[C@@H]4C[C@@H](C4(C)C)[C@]3(C)O2)cn1. The third kappa shape index (κ3) is 11.0. The maximum Gasteiger partial charge on any atom is 0.481 e. The van der Waals surface area contributed by atoms with Gasteiger partial charge in [-0.3, -0.25) is 29.4 Å². The van der Waals surface area contributed by atoms with Crippen LogP contribution >= 0.6 is 0 Å². The van der Waals surface area contributed by atoms with Crippen LogP contribution in [0.4, 0.5) is 0 Å². The zero-order valence-electron chi connectivity index (χ0n) is 37.0. The Labute approximate surface area is 349 Å². The van der Waals surface area contributed by atoms with Crippen LogP contribution in [0.2, 0.25) is 18.1 Å². The van der Waals surface area contributed by atoms with Gasteiger partial charge in [-0.1, -0.05) is 53.8 Å². The van der Waals surface area contributed by atoms with Crippen LogP contribution in [0.15, 0.2) is 73.2 Å². The lowest BCUT2D eigenvalue weighted by Crippen LogP contribution is -2.65. The Morgan fingerprint density at radius 2 is 1.76 bits per heavy atom. The van der Waals surface area contributed by atoms with Crippen molar-refractivity contribution < 1.29 is 28.1 Å². The maximum atomic E-state index is 14.1. The molecule has 6 rings (SSSR count). The fraction of sp³-hybridized carbons (Fsp3) is 0.622. The van der Waals surface area contributed by atoms with E-state index in [0.717, 1.165) is 29.9 Å². The van der Waals surface area contributed by atoms with Crippen LogP contribution in [0.1, 0.15) is 116 Å². The molecule has 3 heterocycles. The average molecular weight is 814 g/mol. The van der Waals surface area contributed by atoms with Crippen LogP contribution < -0.4 is 5.32 Å². The molecule has 2 aromatic heterocycles. The first kappa shape index (κ1) is 45.6. The Morgan fingerprint density at radius 3 is 2.33 bits per heavy atom. The molecule has 11 nitrogen and oxygen atoms in total. The summed E-state index contributed by atoms with van der Waals surface area (Å²) in [5.41, 5.74) is 2.02. The van der Waals surface area contributed by atoms with E-state index in [1.807, 2.05) is 45.0 Å². The lowest BCUT2D eigenvalue weighted by Gasteiger charge is -2.64. The highest BCUT2D eigenvalue weighted by molar-refractivity contribution is 6.74. The van der Waals surface area contributed by atoms with Crippen LogP contribution in [0.5, 0.6) is 0 Å². The first-order valence-electron chi connectivity index (χ1n) is 21.0. The number of rotatable bonds is 18. The minimum absolute atomic E-state index is 0.0529. The van der Waals surface area contributed by atoms with Gasteiger partial charge in [0.25, 0.3) is 5.91 Å². The summed E-state index contributed by atoms with van der Waals surface area (Å²) in [5, 5.41) is 3.22. The molecule has 13 heteroatoms. The first-order chi connectivity index (χ1) is 27.0. The topological polar surface area (TPSA) is 124 Å². The van der Waals surface area contributed by atoms with Crippen molar-refractivity contribution in [1.82, 2.24) is 20.2 Å². The molecule has 2 bridgehead atoms. The van der Waals surface area contributed by atoms with Crippen LogP contribution in [-0.4, -0.2) is 83.8 Å². The van der Waals surface area contributed by atoms with Gasteiger partial charge in [0.2, 0.25) is 0 Å². The summed E-state index contributed by atoms with van der Waals surface area (Å²) in [6.07, 6.45) is 9.32. The van der Waals surface area contributed by atoms with E-state index in [1.165, 1.54) is 6.20 Å². The summed E-state index contributed by atoms with van der Waals surface area (Å²) in [7, 11) is -2.94. The predicted octanol–water partition coefficient (Wildman–Crippen LogP) is 8.52. The van der Waals surface area contributed by atoms with Crippen molar-refractivity contribution in [2.75, 3.05) is 6.54 Å². The number of hydrogen-bond acceptors (Lipinski definition) is 10. The molecule has 1 unspecified atom stereocenters. The molecule has 3 aliphatic carbocycles. The van der Waals surface area contributed by atoms with Gasteiger partial charge in [0.05, 0.1) is 52.8 Å². The monoisotopic (exact) mass is 814 g/mol. The highest BCUT2D eigenvalue weighted by atomic mass is 28.4. The number of amides is 1. The summed E-state index contributed by atoms with van der Waals surface area (Å²) in [5.74, 6) is -0.123. The lowest BCUT2D eigenvalue weighted by molar-refractivity contribution is -0.199. The zero-order chi connectivity index (χ0) is 42.7. The number of carbonyl (C=O) groups excluding carboxylic acids is 2. The lowest BCUT2D eigenvalue weighted by atomic mass is 9.43. The van der Waals surface area contributed by atoms with Gasteiger partial charge in [-0.15, -0.1) is 0 Å². The van der Waals surface area contributed by atoms with Gasteiger partial charge in [0, 0.05) is 38.2 Å². The quantitative estimate of drug-likeness (QED) is 0.0897. The van der Waals surface area contributed by atoms with Crippen molar-refractivity contribution in [3.8, 4) is 0 Å². The molecule has 1 amide bonds. The number of hydrogen-bond donors (Lipinski definition) is 1. The number of aliphatic imine (C=N–C) groups is 1. The molecule has 6 atom stereocenters. The molecule has 3 saturated carbocycles. The minimum Gasteiger partial charge on any atom is -0.460 e. The smallest absolute Gasteiger partial charge is 0.460 e. The van der Waals surface area contributed by atoms with Gasteiger partial charge in [0.15, 0.2) is 8.32 Å². The molecule has 0 radical (unpaired) electrons. The summed E-state index contributed by atoms with van der Waals surface area (Å²) in [6, 6.07) is 9.53. The van der Waals surface area contributed by atoms with E-state index in [-0.39, 0.29) is 34.9 Å². The van der Waals surface area contributed by atoms with Gasteiger partial charge in [0.1, 0.15) is 5.60 Å². The second kappa shape index (κ2) is 18.0. The van der Waals surface area contributed by atoms with Crippen molar-refractivity contribution >= 4 is 33.0 Å². The third-order valence-corrected chi connectivity index (χ3v) is 17.5. The molecule has 316 valence electrons. The van der Waals surface area contributed by atoms with E-state index in [0.29, 0.717) is 49.9 Å². The molecule has 1 aliphatic heterocycles. The summed E-state index contributed by atoms with van der Waals surface area (Å²) in [4.78, 5) is 43.1. The molecule has 1 saturated heterocycles. The van der Waals surface area contributed by atoms with Gasteiger partial charge in [-0.2, -0.15) is 0 Å². The fourth-order valence-corrected chi connectivity index (χ4v) is 9.99. The Morgan fingerprint density at radius 1 is 1.05 bits per heavy atom. The number of ether oxygens (including phenoxy) is 1. The van der Waals surface area contributed by atoms with E-state index in [9.17, 15) is 9.59 Å². The summed E-state index contributed by atoms with van der Waals surface area (Å²) >= 11 is 0. The van der Waals surface area contributed by atoms with Crippen molar-refractivity contribution in [2.24, 2.45) is 22.2 Å². The van der Waals surface area contributed by atoms with Crippen LogP contribution in [0.3, 0.4) is 0 Å². The molecule has 58 heavy (non-hydrogen) atoms. The van der Waals surface area contributed by atoms with Crippen LogP contribution in [0.25, 0.3) is 0 Å². The van der Waals surface area contributed by atoms with Crippen molar-refractivity contribution in [3.63, 3.8) is 0 Å². The largest absolute Gasteiger partial charge is 0.481 e. The van der Waals surface area contributed by atoms with Crippen LogP contribution in [-0.2, 0) is 36.4 Å². The molecule has 0 aromatic carbocycles. The Balaban J connectivity index is 1.36. The average Bonchev–Trinajstić information content (AvgIpc) is 3.49. The number of esters is 1. The number of carbonyl (C=O) groups is 2. The first-order valence-corrected chi connectivity index (χ1v) is 23.9. The highest BCUT2D eigenvalue weighted by Crippen LogP contribution is 2.65. The van der Waals surface area contributed by atoms with Gasteiger partial charge >= 0.3 is 13.1 Å². The second-order valence-electron chi connectivity index (χ2n) is 19.8. The second-order valence-corrected chi connectivity index (χ2v) is 24.6. The van der Waals surface area contributed by atoms with Gasteiger partial charge < -0.3 is 23.8 Å². The molecule has 4 fully saturated rings. The van der Waals surface area contributed by atoms with Crippen molar-refractivity contribution in [1.29, 1.82) is 0 Å². The molecular formula is C45H68BN5O6Si. The predicted molar refractivity (Wildman–Crippen MR) is 234 cm³/mol. The number of nitrogens with zero attached hydrogens (tertiary/aromatic N) is 4. The van der Waals surface area contributed by atoms with Gasteiger partial charge in [-0.25, -0.2) is 0 Å². The molecule has 1 N–H and O–H groups in total. The number of nitrogens with one attached hydrogen (secondary N) is 1. The highest BCUT2D eigenvalue weighted by Gasteiger charge is 2.68. The van der Waals surface area contributed by atoms with Crippen LogP contribution in [0, 0.1) is 17.3 Å². The zero-order valence-corrected chi connectivity index (χ0v) is 38.0. The minimum atomic E-state index is -2.28. The van der Waals surface area contributed by atoms with Crippen molar-refractivity contribution in [2.45, 2.75) is 155 Å². The Kier molecular flexibility index (Phi) is 14.2. The molecular weight excluding hydrogens is 745 g/mol. The standard InChI is InChI=1S/C45H68BN5O6Si/c1-14-33(47-15-2)28-51(29-34-18-16-17-23-48-34)30-35-20-19-31(27-49-35)41(53)50-39(46-55-38-25-32-24-37(44(32,9)10)45(38,11)57-46)22-21-36(26-40(52)54-42(3,4)5)56-58(12,13)43(6,7)8/h14-20,23,27,32,36-39H,1-2,21-22,24-26,28-30H2,3-13H3,(H,50,53)/t32-,36?,37-,38+,39-,45-/m0/s1. The van der Waals surface area contributed by atoms with Gasteiger partial charge in [-0.05, 0) is 119 Å². The third-order valence-electron chi connectivity index (χ3n) is 13.0. The van der Waals surface area contributed by atoms with E-state index >= 15 is 0 Å². The summed E-state index contributed by atoms with van der Waals surface area (Å²) < 4.78 is 26.3. The molecule has 4 aliphatic rings. The van der Waals surface area contributed by atoms with E-state index < -0.39 is 38.7 Å². The normalized spacial score (nSPS) is 24.0. The molecule has 0 spiro atoms. The molecule has 2 aromatic rings. The van der Waals surface area contributed by atoms with Crippen molar-refractivity contribution in [3.05, 3.63) is 85.1 Å². The van der Waals surface area contributed by atoms with E-state index in [1.54, 1.807) is 24.5 Å². The maximum absolute atomic E-state index is 14.1.